The summed E-state index contributed by atoms with van der Waals surface area (Å²) in [5, 5.41) is 0. The number of benzene rings is 2. The van der Waals surface area contributed by atoms with Gasteiger partial charge in [0.2, 0.25) is 5.91 Å². The van der Waals surface area contributed by atoms with Crippen LogP contribution >= 0.6 is 0 Å². The maximum Gasteiger partial charge on any atom is 0.223 e. The van der Waals surface area contributed by atoms with Crippen molar-refractivity contribution in [3.63, 3.8) is 0 Å². The number of nitrogens with zero attached hydrogens (tertiary/aromatic N) is 3. The molecule has 2 heterocycles. The van der Waals surface area contributed by atoms with Gasteiger partial charge in [-0.1, -0.05) is 24.3 Å². The molecule has 0 bridgehead atoms. The van der Waals surface area contributed by atoms with Crippen LogP contribution in [-0.2, 0) is 17.8 Å². The van der Waals surface area contributed by atoms with E-state index in [0.29, 0.717) is 6.42 Å². The first-order valence-corrected chi connectivity index (χ1v) is 9.76. The molecule has 2 aliphatic rings. The van der Waals surface area contributed by atoms with Crippen molar-refractivity contribution in [2.75, 3.05) is 44.2 Å². The van der Waals surface area contributed by atoms with E-state index < -0.39 is 0 Å². The normalized spacial score (nSPS) is 17.7. The van der Waals surface area contributed by atoms with Gasteiger partial charge in [0.1, 0.15) is 5.82 Å². The van der Waals surface area contributed by atoms with E-state index in [1.807, 2.05) is 4.90 Å². The molecule has 0 atom stereocenters. The standard InChI is InChI=1S/C22H26FN3O/c23-20-5-7-21(8-6-20)25-13-15-26(16-14-25)22(27)10-12-24-11-9-18-3-1-2-4-19(18)17-24/h1-8H,9-17H2. The highest BCUT2D eigenvalue weighted by molar-refractivity contribution is 5.76. The molecule has 0 unspecified atom stereocenters. The van der Waals surface area contributed by atoms with Crippen LogP contribution in [0.4, 0.5) is 10.1 Å². The van der Waals surface area contributed by atoms with E-state index >= 15 is 0 Å². The van der Waals surface area contributed by atoms with Crippen LogP contribution in [0.15, 0.2) is 48.5 Å². The molecule has 2 aromatic carbocycles. The zero-order chi connectivity index (χ0) is 18.6. The fourth-order valence-electron chi connectivity index (χ4n) is 4.02. The minimum absolute atomic E-state index is 0.215. The predicted molar refractivity (Wildman–Crippen MR) is 105 cm³/mol. The zero-order valence-corrected chi connectivity index (χ0v) is 15.6. The molecule has 1 fully saturated rings. The lowest BCUT2D eigenvalue weighted by Crippen LogP contribution is -2.49. The Kier molecular flexibility index (Phi) is 5.39. The molecule has 4 rings (SSSR count). The van der Waals surface area contributed by atoms with E-state index in [1.165, 1.54) is 23.3 Å². The molecule has 2 aliphatic heterocycles. The Balaban J connectivity index is 1.24. The first kappa shape index (κ1) is 18.0. The maximum atomic E-state index is 13.1. The lowest BCUT2D eigenvalue weighted by atomic mass is 10.00. The van der Waals surface area contributed by atoms with Gasteiger partial charge >= 0.3 is 0 Å². The molecule has 27 heavy (non-hydrogen) atoms. The smallest absolute Gasteiger partial charge is 0.223 e. The average Bonchev–Trinajstić information content (AvgIpc) is 2.72. The minimum Gasteiger partial charge on any atom is -0.368 e. The van der Waals surface area contributed by atoms with Crippen LogP contribution in [0, 0.1) is 5.82 Å². The second-order valence-corrected chi connectivity index (χ2v) is 7.39. The van der Waals surface area contributed by atoms with Crippen LogP contribution < -0.4 is 4.90 Å². The summed E-state index contributed by atoms with van der Waals surface area (Å²) in [6, 6.07) is 15.2. The van der Waals surface area contributed by atoms with Gasteiger partial charge in [-0.3, -0.25) is 9.69 Å². The SMILES string of the molecule is O=C(CCN1CCc2ccccc2C1)N1CCN(c2ccc(F)cc2)CC1. The second-order valence-electron chi connectivity index (χ2n) is 7.39. The summed E-state index contributed by atoms with van der Waals surface area (Å²) >= 11 is 0. The number of anilines is 1. The van der Waals surface area contributed by atoms with E-state index in [9.17, 15) is 9.18 Å². The van der Waals surface area contributed by atoms with E-state index in [2.05, 4.69) is 34.1 Å². The Morgan fingerprint density at radius 2 is 1.59 bits per heavy atom. The van der Waals surface area contributed by atoms with E-state index in [1.54, 1.807) is 12.1 Å². The lowest BCUT2D eigenvalue weighted by molar-refractivity contribution is -0.131. The Morgan fingerprint density at radius 1 is 0.889 bits per heavy atom. The van der Waals surface area contributed by atoms with Crippen LogP contribution in [0.3, 0.4) is 0 Å². The van der Waals surface area contributed by atoms with E-state index in [-0.39, 0.29) is 11.7 Å². The van der Waals surface area contributed by atoms with Crippen LogP contribution in [0.2, 0.25) is 0 Å². The van der Waals surface area contributed by atoms with Crippen molar-refractivity contribution in [3.05, 3.63) is 65.5 Å². The summed E-state index contributed by atoms with van der Waals surface area (Å²) in [5.74, 6) is 0.0283. The first-order chi connectivity index (χ1) is 13.2. The fourth-order valence-corrected chi connectivity index (χ4v) is 4.02. The van der Waals surface area contributed by atoms with Gasteiger partial charge < -0.3 is 9.80 Å². The van der Waals surface area contributed by atoms with Crippen LogP contribution in [0.1, 0.15) is 17.5 Å². The molecule has 0 N–H and O–H groups in total. The minimum atomic E-state index is -0.215. The molecule has 2 aromatic rings. The van der Waals surface area contributed by atoms with Crippen molar-refractivity contribution in [3.8, 4) is 0 Å². The van der Waals surface area contributed by atoms with Crippen molar-refractivity contribution < 1.29 is 9.18 Å². The molecule has 4 nitrogen and oxygen atoms in total. The molecule has 5 heteroatoms. The van der Waals surface area contributed by atoms with E-state index in [0.717, 1.165) is 57.9 Å². The number of carbonyl (C=O) groups excluding carboxylic acids is 1. The van der Waals surface area contributed by atoms with Crippen molar-refractivity contribution in [1.82, 2.24) is 9.80 Å². The molecule has 0 spiro atoms. The van der Waals surface area contributed by atoms with Crippen molar-refractivity contribution >= 4 is 11.6 Å². The molecule has 0 saturated carbocycles. The largest absolute Gasteiger partial charge is 0.368 e. The number of carbonyl (C=O) groups is 1. The molecule has 0 aliphatic carbocycles. The van der Waals surface area contributed by atoms with Crippen LogP contribution in [-0.4, -0.2) is 55.0 Å². The number of fused-ring (bicyclic) bond motifs is 1. The highest BCUT2D eigenvalue weighted by Crippen LogP contribution is 2.19. The maximum absolute atomic E-state index is 13.1. The third-order valence-corrected chi connectivity index (χ3v) is 5.68. The van der Waals surface area contributed by atoms with Gasteiger partial charge in [-0.25, -0.2) is 4.39 Å². The van der Waals surface area contributed by atoms with Crippen LogP contribution in [0.25, 0.3) is 0 Å². The van der Waals surface area contributed by atoms with E-state index in [4.69, 9.17) is 0 Å². The van der Waals surface area contributed by atoms with Gasteiger partial charge in [0.15, 0.2) is 0 Å². The van der Waals surface area contributed by atoms with Gasteiger partial charge in [-0.15, -0.1) is 0 Å². The van der Waals surface area contributed by atoms with Crippen molar-refractivity contribution in [2.45, 2.75) is 19.4 Å². The Morgan fingerprint density at radius 3 is 2.33 bits per heavy atom. The summed E-state index contributed by atoms with van der Waals surface area (Å²) in [7, 11) is 0. The van der Waals surface area contributed by atoms with Gasteiger partial charge in [0.05, 0.1) is 0 Å². The number of hydrogen-bond acceptors (Lipinski definition) is 3. The third-order valence-electron chi connectivity index (χ3n) is 5.68. The average molecular weight is 367 g/mol. The number of amides is 1. The van der Waals surface area contributed by atoms with Crippen LogP contribution in [0.5, 0.6) is 0 Å². The summed E-state index contributed by atoms with van der Waals surface area (Å²) in [6.07, 6.45) is 1.65. The highest BCUT2D eigenvalue weighted by atomic mass is 19.1. The predicted octanol–water partition coefficient (Wildman–Crippen LogP) is 2.92. The molecule has 1 amide bonds. The fraction of sp³-hybridized carbons (Fsp3) is 0.409. The quantitative estimate of drug-likeness (QED) is 0.831. The first-order valence-electron chi connectivity index (χ1n) is 9.76. The highest BCUT2D eigenvalue weighted by Gasteiger charge is 2.22. The monoisotopic (exact) mass is 367 g/mol. The molecule has 1 saturated heterocycles. The Hall–Kier alpha value is -2.40. The molecular formula is C22H26FN3O. The summed E-state index contributed by atoms with van der Waals surface area (Å²) in [4.78, 5) is 19.2. The summed E-state index contributed by atoms with van der Waals surface area (Å²) in [6.45, 7) is 5.87. The lowest BCUT2D eigenvalue weighted by Gasteiger charge is -2.36. The van der Waals surface area contributed by atoms with Crippen molar-refractivity contribution in [1.29, 1.82) is 0 Å². The topological polar surface area (TPSA) is 26.8 Å². The third kappa shape index (κ3) is 4.30. The van der Waals surface area contributed by atoms with Gasteiger partial charge in [0, 0.05) is 57.9 Å². The second kappa shape index (κ2) is 8.09. The molecule has 0 aromatic heterocycles. The molecule has 142 valence electrons. The summed E-state index contributed by atoms with van der Waals surface area (Å²) < 4.78 is 13.1. The zero-order valence-electron chi connectivity index (χ0n) is 15.6. The summed E-state index contributed by atoms with van der Waals surface area (Å²) in [5.41, 5.74) is 3.86. The van der Waals surface area contributed by atoms with Gasteiger partial charge in [0.25, 0.3) is 0 Å². The number of rotatable bonds is 4. The van der Waals surface area contributed by atoms with Crippen molar-refractivity contribution in [2.24, 2.45) is 0 Å². The molecule has 0 radical (unpaired) electrons. The number of halogens is 1. The Bertz CT molecular complexity index is 784. The Labute approximate surface area is 160 Å². The number of hydrogen-bond donors (Lipinski definition) is 0. The molecular weight excluding hydrogens is 341 g/mol. The van der Waals surface area contributed by atoms with Gasteiger partial charge in [-0.2, -0.15) is 0 Å². The van der Waals surface area contributed by atoms with Gasteiger partial charge in [-0.05, 0) is 41.8 Å². The number of piperazine rings is 1.